The maximum absolute atomic E-state index is 11.3. The first-order valence-corrected chi connectivity index (χ1v) is 3.90. The minimum atomic E-state index is -0.0892. The Labute approximate surface area is 76.8 Å². The van der Waals surface area contributed by atoms with Crippen LogP contribution in [0.5, 0.6) is 0 Å². The number of thiocarbonyl (C=S) groups is 1. The Morgan fingerprint density at radius 3 is 2.50 bits per heavy atom. The number of rotatable bonds is 1. The zero-order valence-electron chi connectivity index (χ0n) is 7.29. The molecule has 0 aromatic carbocycles. The summed E-state index contributed by atoms with van der Waals surface area (Å²) in [5, 5.41) is 3.26. The monoisotopic (exact) mass is 185 g/mol. The van der Waals surface area contributed by atoms with Crippen molar-refractivity contribution >= 4 is 23.2 Å². The van der Waals surface area contributed by atoms with Crippen molar-refractivity contribution in [1.82, 2.24) is 15.1 Å². The van der Waals surface area contributed by atoms with Crippen molar-refractivity contribution in [3.63, 3.8) is 0 Å². The predicted octanol–water partition coefficient (Wildman–Crippen LogP) is -0.264. The Kier molecular flexibility index (Phi) is 2.32. The van der Waals surface area contributed by atoms with Gasteiger partial charge in [0.2, 0.25) is 0 Å². The van der Waals surface area contributed by atoms with E-state index < -0.39 is 0 Å². The summed E-state index contributed by atoms with van der Waals surface area (Å²) < 4.78 is 0. The average Bonchev–Trinajstić information content (AvgIpc) is 2.17. The Balaban J connectivity index is 2.85. The second-order valence-electron chi connectivity index (χ2n) is 2.80. The summed E-state index contributed by atoms with van der Waals surface area (Å²) in [6, 6.07) is 0. The molecule has 0 saturated carbocycles. The molecule has 0 bridgehead atoms. The molecule has 0 aromatic rings. The zero-order chi connectivity index (χ0) is 9.30. The van der Waals surface area contributed by atoms with Crippen LogP contribution in [0.4, 0.5) is 0 Å². The molecule has 5 heteroatoms. The summed E-state index contributed by atoms with van der Waals surface area (Å²) in [6.45, 7) is 0. The van der Waals surface area contributed by atoms with E-state index in [0.717, 1.165) is 0 Å². The van der Waals surface area contributed by atoms with Gasteiger partial charge >= 0.3 is 0 Å². The molecule has 0 spiro atoms. The molecule has 4 nitrogen and oxygen atoms in total. The number of carbonyl (C=O) groups excluding carboxylic acids is 1. The number of nitrogens with one attached hydrogen (secondary N) is 1. The summed E-state index contributed by atoms with van der Waals surface area (Å²) in [7, 11) is 5.35. The molecule has 1 amide bonds. The molecule has 0 atom stereocenters. The van der Waals surface area contributed by atoms with Crippen LogP contribution in [-0.2, 0) is 4.79 Å². The van der Waals surface area contributed by atoms with Gasteiger partial charge in [-0.2, -0.15) is 0 Å². The predicted molar refractivity (Wildman–Crippen MR) is 50.3 cm³/mol. The first-order chi connectivity index (χ1) is 5.52. The van der Waals surface area contributed by atoms with Crippen molar-refractivity contribution in [2.24, 2.45) is 0 Å². The van der Waals surface area contributed by atoms with Gasteiger partial charge in [-0.15, -0.1) is 0 Å². The highest BCUT2D eigenvalue weighted by Gasteiger charge is 2.26. The molecule has 12 heavy (non-hydrogen) atoms. The van der Waals surface area contributed by atoms with Crippen LogP contribution in [0, 0.1) is 0 Å². The molecule has 1 fully saturated rings. The van der Waals surface area contributed by atoms with E-state index in [4.69, 9.17) is 12.2 Å². The molecule has 1 N–H and O–H groups in total. The lowest BCUT2D eigenvalue weighted by Crippen LogP contribution is -2.25. The van der Waals surface area contributed by atoms with E-state index in [9.17, 15) is 4.79 Å². The van der Waals surface area contributed by atoms with Crippen LogP contribution in [0.2, 0.25) is 0 Å². The van der Waals surface area contributed by atoms with Crippen molar-refractivity contribution in [3.8, 4) is 0 Å². The van der Waals surface area contributed by atoms with Crippen LogP contribution < -0.4 is 5.32 Å². The maximum atomic E-state index is 11.3. The number of hydrogen-bond donors (Lipinski definition) is 1. The molecule has 1 heterocycles. The Morgan fingerprint density at radius 1 is 1.58 bits per heavy atom. The number of likely N-dealkylation sites (N-methyl/N-ethyl adjacent to an activating group) is 1. The van der Waals surface area contributed by atoms with Crippen LogP contribution in [-0.4, -0.2) is 42.0 Å². The van der Waals surface area contributed by atoms with Crippen molar-refractivity contribution in [2.45, 2.75) is 0 Å². The SMILES string of the molecule is CN(C)/C=C1/NC(=S)N(C)C1=O. The van der Waals surface area contributed by atoms with Gasteiger partial charge in [0.05, 0.1) is 0 Å². The third kappa shape index (κ3) is 1.55. The van der Waals surface area contributed by atoms with E-state index in [-0.39, 0.29) is 5.91 Å². The lowest BCUT2D eigenvalue weighted by molar-refractivity contribution is -0.121. The Bertz CT molecular complexity index is 259. The van der Waals surface area contributed by atoms with Crippen molar-refractivity contribution in [1.29, 1.82) is 0 Å². The largest absolute Gasteiger partial charge is 0.382 e. The fourth-order valence-electron chi connectivity index (χ4n) is 0.871. The molecule has 1 aliphatic rings. The number of carbonyl (C=O) groups is 1. The van der Waals surface area contributed by atoms with Gasteiger partial charge in [-0.3, -0.25) is 9.69 Å². The average molecular weight is 185 g/mol. The standard InChI is InChI=1S/C7H11N3OS/c1-9(2)4-5-6(11)10(3)7(12)8-5/h4H,1-3H3,(H,8,12)/b5-4+. The first kappa shape index (κ1) is 8.99. The lowest BCUT2D eigenvalue weighted by Gasteiger charge is -2.05. The lowest BCUT2D eigenvalue weighted by atomic mass is 10.4. The van der Waals surface area contributed by atoms with E-state index in [0.29, 0.717) is 10.8 Å². The number of nitrogens with zero attached hydrogens (tertiary/aromatic N) is 2. The minimum absolute atomic E-state index is 0.0892. The molecule has 1 rings (SSSR count). The summed E-state index contributed by atoms with van der Waals surface area (Å²) in [4.78, 5) is 14.5. The summed E-state index contributed by atoms with van der Waals surface area (Å²) in [5.74, 6) is -0.0892. The van der Waals surface area contributed by atoms with Crippen LogP contribution in [0.25, 0.3) is 0 Å². The molecule has 0 unspecified atom stereocenters. The van der Waals surface area contributed by atoms with Crippen molar-refractivity contribution < 1.29 is 4.79 Å². The molecule has 66 valence electrons. The van der Waals surface area contributed by atoms with Gasteiger partial charge < -0.3 is 10.2 Å². The van der Waals surface area contributed by atoms with Gasteiger partial charge in [0.25, 0.3) is 5.91 Å². The van der Waals surface area contributed by atoms with Gasteiger partial charge in [-0.25, -0.2) is 0 Å². The highest BCUT2D eigenvalue weighted by atomic mass is 32.1. The second-order valence-corrected chi connectivity index (χ2v) is 3.19. The van der Waals surface area contributed by atoms with E-state index in [1.165, 1.54) is 4.90 Å². The fourth-order valence-corrected chi connectivity index (χ4v) is 1.06. The molecule has 0 aromatic heterocycles. The van der Waals surface area contributed by atoms with Crippen LogP contribution in [0.15, 0.2) is 11.9 Å². The van der Waals surface area contributed by atoms with E-state index >= 15 is 0 Å². The van der Waals surface area contributed by atoms with Gasteiger partial charge in [0.15, 0.2) is 5.11 Å². The number of amides is 1. The molecular weight excluding hydrogens is 174 g/mol. The van der Waals surface area contributed by atoms with Crippen molar-refractivity contribution in [2.75, 3.05) is 21.1 Å². The summed E-state index contributed by atoms with van der Waals surface area (Å²) in [5.41, 5.74) is 0.521. The summed E-state index contributed by atoms with van der Waals surface area (Å²) >= 11 is 4.88. The highest BCUT2D eigenvalue weighted by Crippen LogP contribution is 2.06. The van der Waals surface area contributed by atoms with Crippen molar-refractivity contribution in [3.05, 3.63) is 11.9 Å². The third-order valence-electron chi connectivity index (χ3n) is 1.47. The second kappa shape index (κ2) is 3.10. The maximum Gasteiger partial charge on any atom is 0.277 e. The molecule has 0 aliphatic carbocycles. The molecule has 1 aliphatic heterocycles. The summed E-state index contributed by atoms with van der Waals surface area (Å²) in [6.07, 6.45) is 1.71. The third-order valence-corrected chi connectivity index (χ3v) is 1.84. The van der Waals surface area contributed by atoms with E-state index in [2.05, 4.69) is 5.32 Å². The zero-order valence-corrected chi connectivity index (χ0v) is 8.10. The van der Waals surface area contributed by atoms with Gasteiger partial charge in [0, 0.05) is 27.3 Å². The highest BCUT2D eigenvalue weighted by molar-refractivity contribution is 7.80. The smallest absolute Gasteiger partial charge is 0.277 e. The minimum Gasteiger partial charge on any atom is -0.382 e. The van der Waals surface area contributed by atoms with E-state index in [1.54, 1.807) is 18.1 Å². The van der Waals surface area contributed by atoms with Crippen LogP contribution in [0.1, 0.15) is 0 Å². The van der Waals surface area contributed by atoms with Crippen LogP contribution in [0.3, 0.4) is 0 Å². The first-order valence-electron chi connectivity index (χ1n) is 3.49. The van der Waals surface area contributed by atoms with Gasteiger partial charge in [-0.05, 0) is 12.2 Å². The van der Waals surface area contributed by atoms with Gasteiger partial charge in [-0.1, -0.05) is 0 Å². The van der Waals surface area contributed by atoms with Gasteiger partial charge in [0.1, 0.15) is 5.70 Å². The Morgan fingerprint density at radius 2 is 2.17 bits per heavy atom. The molecule has 1 saturated heterocycles. The topological polar surface area (TPSA) is 35.6 Å². The normalized spacial score (nSPS) is 20.2. The quantitative estimate of drug-likeness (QED) is 0.451. The molecular formula is C7H11N3OS. The fraction of sp³-hybridized carbons (Fsp3) is 0.429. The number of hydrogen-bond acceptors (Lipinski definition) is 3. The van der Waals surface area contributed by atoms with Crippen LogP contribution >= 0.6 is 12.2 Å². The molecule has 0 radical (unpaired) electrons. The van der Waals surface area contributed by atoms with E-state index in [1.807, 2.05) is 14.1 Å². The Hall–Kier alpha value is -1.10.